The zero-order valence-electron chi connectivity index (χ0n) is 17.9. The molecule has 0 aliphatic carbocycles. The van der Waals surface area contributed by atoms with Gasteiger partial charge in [-0.3, -0.25) is 0 Å². The van der Waals surface area contributed by atoms with Crippen molar-refractivity contribution in [3.63, 3.8) is 0 Å². The van der Waals surface area contributed by atoms with Gasteiger partial charge in [0.2, 0.25) is 0 Å². The molecule has 0 spiro atoms. The van der Waals surface area contributed by atoms with Gasteiger partial charge in [0, 0.05) is 0 Å². The van der Waals surface area contributed by atoms with Crippen LogP contribution in [0.1, 0.15) is 5.56 Å². The average molecular weight is 581 g/mol. The third-order valence-electron chi connectivity index (χ3n) is 5.17. The van der Waals surface area contributed by atoms with Gasteiger partial charge in [-0.2, -0.15) is 0 Å². The molecule has 0 bridgehead atoms. The first-order valence-corrected chi connectivity index (χ1v) is 18.1. The van der Waals surface area contributed by atoms with Crippen LogP contribution in [0.15, 0.2) is 115 Å². The molecule has 0 N–H and O–H groups in total. The predicted molar refractivity (Wildman–Crippen MR) is 145 cm³/mol. The summed E-state index contributed by atoms with van der Waals surface area (Å²) < 4.78 is 5.36. The van der Waals surface area contributed by atoms with Crippen molar-refractivity contribution in [3.05, 3.63) is 121 Å². The summed E-state index contributed by atoms with van der Waals surface area (Å²) in [5.74, 6) is 0.895. The fraction of sp³-hybridized carbons (Fsp3) is 0.0769. The Kier molecular flexibility index (Phi) is 9.98. The Hall–Kier alpha value is -1.21. The molecule has 175 valence electrons. The van der Waals surface area contributed by atoms with E-state index < -0.39 is 16.5 Å². The summed E-state index contributed by atoms with van der Waals surface area (Å²) in [4.78, 5) is 0. The third-order valence-corrected chi connectivity index (χ3v) is 9.55. The Morgan fingerprint density at radius 2 is 0.909 bits per heavy atom. The minimum absolute atomic E-state index is 0.895. The van der Waals surface area contributed by atoms with Gasteiger partial charge in [0.15, 0.2) is 0 Å². The third kappa shape index (κ3) is 7.64. The van der Waals surface area contributed by atoms with E-state index in [-0.39, 0.29) is 0 Å². The van der Waals surface area contributed by atoms with Gasteiger partial charge in [-0.1, -0.05) is 66.7 Å². The molecule has 33 heavy (non-hydrogen) atoms. The van der Waals surface area contributed by atoms with Crippen LogP contribution in [0.4, 0.5) is 0 Å². The molecule has 1 nitrogen and oxygen atoms in total. The van der Waals surface area contributed by atoms with E-state index >= 15 is 0 Å². The van der Waals surface area contributed by atoms with Crippen molar-refractivity contribution in [1.29, 1.82) is 0 Å². The predicted octanol–water partition coefficient (Wildman–Crippen LogP) is 7.94. The first kappa shape index (κ1) is 26.4. The van der Waals surface area contributed by atoms with Crippen molar-refractivity contribution in [3.8, 4) is 5.75 Å². The Morgan fingerprint density at radius 1 is 0.576 bits per heavy atom. The van der Waals surface area contributed by atoms with Crippen LogP contribution < -0.4 is 20.7 Å². The fourth-order valence-corrected chi connectivity index (χ4v) is 8.02. The van der Waals surface area contributed by atoms with Gasteiger partial charge in [-0.25, -0.2) is 0 Å². The van der Waals surface area contributed by atoms with Crippen LogP contribution >= 0.6 is 47.7 Å². The molecule has 0 amide bonds. The van der Waals surface area contributed by atoms with Gasteiger partial charge >= 0.3 is 49.6 Å². The van der Waals surface area contributed by atoms with Gasteiger partial charge in [0.25, 0.3) is 0 Å². The average Bonchev–Trinajstić information content (AvgIpc) is 2.83. The summed E-state index contributed by atoms with van der Waals surface area (Å²) in [5, 5.41) is 4.22. The second-order valence-electron chi connectivity index (χ2n) is 7.13. The molecule has 0 saturated heterocycles. The number of rotatable bonds is 6. The molecule has 0 saturated carbocycles. The summed E-state index contributed by atoms with van der Waals surface area (Å²) in [7, 11) is 17.1. The van der Waals surface area contributed by atoms with Crippen molar-refractivity contribution < 1.29 is 13.9 Å². The van der Waals surface area contributed by atoms with E-state index in [2.05, 4.69) is 115 Å². The normalized spacial score (nSPS) is 11.8. The van der Waals surface area contributed by atoms with Crippen molar-refractivity contribution >= 4 is 63.6 Å². The first-order chi connectivity index (χ1) is 15.8. The number of benzene rings is 4. The SMILES string of the molecule is COc1ccc(C[P+](c2ccccc2)(c2ccccc2)c2ccccc2)cc1.[Cl][Fe-]([Cl])([Cl])[Cl]. The van der Waals surface area contributed by atoms with E-state index in [1.807, 2.05) is 0 Å². The maximum absolute atomic E-state index is 5.36. The van der Waals surface area contributed by atoms with Gasteiger partial charge in [0.05, 0.1) is 13.3 Å². The second-order valence-corrected chi connectivity index (χ2v) is 21.6. The molecule has 0 fully saturated rings. The first-order valence-electron chi connectivity index (χ1n) is 10.0. The summed E-state index contributed by atoms with van der Waals surface area (Å²) in [5.41, 5.74) is 1.32. The Morgan fingerprint density at radius 3 is 1.21 bits per heavy atom. The molecule has 4 aromatic rings. The zero-order valence-corrected chi connectivity index (χ0v) is 22.9. The molecular formula is C26H24Cl4FeOP. The Labute approximate surface area is 216 Å². The summed E-state index contributed by atoms with van der Waals surface area (Å²) in [6.07, 6.45) is 0.981. The molecule has 0 aliphatic rings. The summed E-state index contributed by atoms with van der Waals surface area (Å²) >= 11 is 0. The fourth-order valence-electron chi connectivity index (χ4n) is 3.77. The standard InChI is InChI=1S/C26H24OP.4ClH.Fe/c1-27-23-19-17-22(18-20-23)21-28(24-11-5-2-6-12-24,25-13-7-3-8-14-25)26-15-9-4-10-16-26;;;;;/h2-20H,21H2,1H3;4*1H;/q+1;;;;;+3/p-4. The zero-order chi connectivity index (χ0) is 23.7. The number of methoxy groups -OCH3 is 1. The molecule has 0 unspecified atom stereocenters. The molecular weight excluding hydrogens is 557 g/mol. The summed E-state index contributed by atoms with van der Waals surface area (Å²) in [6, 6.07) is 41.5. The van der Waals surface area contributed by atoms with Crippen LogP contribution in [0.5, 0.6) is 5.75 Å². The molecule has 4 aromatic carbocycles. The number of halogens is 4. The quantitative estimate of drug-likeness (QED) is 0.166. The Balaban J connectivity index is 0.000000555. The van der Waals surface area contributed by atoms with E-state index in [0.29, 0.717) is 0 Å². The van der Waals surface area contributed by atoms with Gasteiger partial charge in [-0.15, -0.1) is 0 Å². The molecule has 4 rings (SSSR count). The molecule has 0 heterocycles. The Bertz CT molecular complexity index is 1000. The van der Waals surface area contributed by atoms with Crippen molar-refractivity contribution in [2.75, 3.05) is 7.11 Å². The van der Waals surface area contributed by atoms with Gasteiger partial charge < -0.3 is 4.74 Å². The van der Waals surface area contributed by atoms with Crippen LogP contribution in [0.25, 0.3) is 0 Å². The number of hydrogen-bond acceptors (Lipinski definition) is 1. The van der Waals surface area contributed by atoms with E-state index in [0.717, 1.165) is 11.9 Å². The minimum atomic E-state index is -2.61. The van der Waals surface area contributed by atoms with Crippen molar-refractivity contribution in [1.82, 2.24) is 0 Å². The van der Waals surface area contributed by atoms with E-state index in [4.69, 9.17) is 45.1 Å². The number of ether oxygens (including phenoxy) is 1. The molecule has 7 heteroatoms. The van der Waals surface area contributed by atoms with E-state index in [1.165, 1.54) is 21.5 Å². The monoisotopic (exact) mass is 579 g/mol. The second kappa shape index (κ2) is 12.5. The molecule has 0 aromatic heterocycles. The molecule has 0 aliphatic heterocycles. The van der Waals surface area contributed by atoms with Crippen LogP contribution in [-0.4, -0.2) is 7.11 Å². The van der Waals surface area contributed by atoms with Crippen LogP contribution in [0.2, 0.25) is 0 Å². The molecule has 0 radical (unpaired) electrons. The maximum atomic E-state index is 5.36. The summed E-state index contributed by atoms with van der Waals surface area (Å²) in [6.45, 7) is 0. The van der Waals surface area contributed by atoms with Crippen LogP contribution in [0.3, 0.4) is 0 Å². The van der Waals surface area contributed by atoms with E-state index in [9.17, 15) is 0 Å². The topological polar surface area (TPSA) is 9.23 Å². The van der Waals surface area contributed by atoms with Gasteiger partial charge in [0.1, 0.15) is 28.9 Å². The molecule has 0 atom stereocenters. The van der Waals surface area contributed by atoms with Crippen LogP contribution in [0, 0.1) is 0 Å². The van der Waals surface area contributed by atoms with Crippen LogP contribution in [-0.2, 0) is 15.4 Å². The van der Waals surface area contributed by atoms with Gasteiger partial charge in [-0.05, 0) is 54.1 Å². The number of hydrogen-bond donors (Lipinski definition) is 0. The van der Waals surface area contributed by atoms with Crippen molar-refractivity contribution in [2.24, 2.45) is 0 Å². The van der Waals surface area contributed by atoms with Crippen molar-refractivity contribution in [2.45, 2.75) is 6.16 Å². The van der Waals surface area contributed by atoms with E-state index in [1.54, 1.807) is 7.11 Å².